The number of fused-ring (bicyclic) bond motifs is 1. The summed E-state index contributed by atoms with van der Waals surface area (Å²) in [7, 11) is 1.40. The fourth-order valence-electron chi connectivity index (χ4n) is 3.97. The topological polar surface area (TPSA) is 90.0 Å². The number of nitrogens with zero attached hydrogens (tertiary/aromatic N) is 2. The van der Waals surface area contributed by atoms with Gasteiger partial charge in [0.25, 0.3) is 11.8 Å². The van der Waals surface area contributed by atoms with E-state index in [2.05, 4.69) is 19.8 Å². The summed E-state index contributed by atoms with van der Waals surface area (Å²) in [5, 5.41) is 2.62. The molecule has 4 rings (SSSR count). The first-order valence-corrected chi connectivity index (χ1v) is 9.96. The van der Waals surface area contributed by atoms with Gasteiger partial charge in [-0.05, 0) is 31.0 Å². The zero-order valence-electron chi connectivity index (χ0n) is 17.1. The number of carbonyl (C=O) groups excluding carboxylic acids is 2. The number of nitrogens with one attached hydrogen (secondary N) is 1. The van der Waals surface area contributed by atoms with Gasteiger partial charge in [0.05, 0.1) is 5.69 Å². The molecule has 0 radical (unpaired) electrons. The molecule has 1 saturated carbocycles. The predicted octanol–water partition coefficient (Wildman–Crippen LogP) is 3.75. The molecule has 1 N–H and O–H groups in total. The number of halogens is 3. The van der Waals surface area contributed by atoms with Crippen molar-refractivity contribution in [1.29, 1.82) is 0 Å². The molecule has 32 heavy (non-hydrogen) atoms. The lowest BCUT2D eigenvalue weighted by molar-refractivity contribution is -0.286. The molecule has 1 aromatic heterocycles. The highest BCUT2D eigenvalue weighted by Crippen LogP contribution is 2.43. The van der Waals surface area contributed by atoms with Crippen molar-refractivity contribution in [3.05, 3.63) is 36.3 Å². The highest BCUT2D eigenvalue weighted by molar-refractivity contribution is 6.01. The first kappa shape index (κ1) is 21.7. The van der Waals surface area contributed by atoms with E-state index in [9.17, 15) is 18.4 Å². The van der Waals surface area contributed by atoms with Crippen molar-refractivity contribution in [3.63, 3.8) is 0 Å². The lowest BCUT2D eigenvalue weighted by Gasteiger charge is -2.38. The van der Waals surface area contributed by atoms with Crippen LogP contribution < -0.4 is 24.4 Å². The fourth-order valence-corrected chi connectivity index (χ4v) is 3.97. The van der Waals surface area contributed by atoms with E-state index >= 15 is 4.39 Å². The van der Waals surface area contributed by atoms with Crippen LogP contribution >= 0.6 is 0 Å². The summed E-state index contributed by atoms with van der Waals surface area (Å²) in [6.45, 7) is 0. The summed E-state index contributed by atoms with van der Waals surface area (Å²) in [6.07, 6.45) is 1.31. The number of benzene rings is 1. The van der Waals surface area contributed by atoms with Gasteiger partial charge < -0.3 is 24.4 Å². The molecule has 0 unspecified atom stereocenters. The van der Waals surface area contributed by atoms with Gasteiger partial charge in [-0.2, -0.15) is 4.39 Å². The van der Waals surface area contributed by atoms with E-state index in [4.69, 9.17) is 4.74 Å². The van der Waals surface area contributed by atoms with E-state index in [-0.39, 0.29) is 22.9 Å². The molecule has 8 nitrogen and oxygen atoms in total. The van der Waals surface area contributed by atoms with Crippen molar-refractivity contribution < 1.29 is 37.0 Å². The second-order valence-electron chi connectivity index (χ2n) is 7.60. The van der Waals surface area contributed by atoms with Crippen LogP contribution in [-0.4, -0.2) is 36.2 Å². The zero-order valence-corrected chi connectivity index (χ0v) is 17.1. The van der Waals surface area contributed by atoms with Crippen molar-refractivity contribution in [2.45, 2.75) is 43.9 Å². The van der Waals surface area contributed by atoms with Gasteiger partial charge in [-0.1, -0.05) is 19.3 Å². The van der Waals surface area contributed by atoms with E-state index in [1.54, 1.807) is 0 Å². The van der Waals surface area contributed by atoms with Gasteiger partial charge >= 0.3 is 6.29 Å². The molecule has 0 bridgehead atoms. The van der Waals surface area contributed by atoms with Crippen LogP contribution in [0, 0.1) is 5.82 Å². The molecular formula is C21H20F3N3O5. The molecule has 1 aliphatic heterocycles. The third-order valence-corrected chi connectivity index (χ3v) is 5.54. The van der Waals surface area contributed by atoms with Crippen molar-refractivity contribution >= 4 is 18.0 Å². The Hall–Kier alpha value is -3.50. The van der Waals surface area contributed by atoms with E-state index in [1.165, 1.54) is 31.4 Å². The molecule has 1 aliphatic carbocycles. The Kier molecular flexibility index (Phi) is 5.57. The lowest BCUT2D eigenvalue weighted by Crippen LogP contribution is -2.58. The zero-order chi connectivity index (χ0) is 22.9. The highest BCUT2D eigenvalue weighted by atomic mass is 19.3. The van der Waals surface area contributed by atoms with Gasteiger partial charge in [0.2, 0.25) is 12.2 Å². The smallest absolute Gasteiger partial charge is 0.436 e. The van der Waals surface area contributed by atoms with Crippen molar-refractivity contribution in [2.75, 3.05) is 11.9 Å². The number of ether oxygens (including phenoxy) is 3. The van der Waals surface area contributed by atoms with Crippen LogP contribution in [0.4, 0.5) is 18.9 Å². The van der Waals surface area contributed by atoms with Crippen molar-refractivity contribution in [2.24, 2.45) is 0 Å². The molecule has 2 heterocycles. The van der Waals surface area contributed by atoms with Crippen LogP contribution in [0.25, 0.3) is 0 Å². The number of likely N-dealkylation sites (N-methyl/N-ethyl adjacent to an activating group) is 1. The van der Waals surface area contributed by atoms with Gasteiger partial charge in [0, 0.05) is 19.3 Å². The Morgan fingerprint density at radius 1 is 1.19 bits per heavy atom. The molecule has 0 saturated heterocycles. The summed E-state index contributed by atoms with van der Waals surface area (Å²) in [5.74, 6) is -2.32. The van der Waals surface area contributed by atoms with Gasteiger partial charge in [-0.15, -0.1) is 8.78 Å². The van der Waals surface area contributed by atoms with Crippen molar-refractivity contribution in [3.8, 4) is 23.1 Å². The SMILES string of the molecule is CN(C(=O)C1(NC=O)CCCCC1)c1ccnc(Oc2ccc3c(c2)OC(F)(F)O3)c1F. The maximum absolute atomic E-state index is 15.2. The third kappa shape index (κ3) is 4.02. The molecule has 1 fully saturated rings. The highest BCUT2D eigenvalue weighted by Gasteiger charge is 2.44. The number of pyridine rings is 1. The first-order valence-electron chi connectivity index (χ1n) is 9.96. The fraction of sp³-hybridized carbons (Fsp3) is 0.381. The minimum atomic E-state index is -3.79. The number of alkyl halides is 2. The normalized spacial score (nSPS) is 18.0. The van der Waals surface area contributed by atoms with Gasteiger partial charge in [0.1, 0.15) is 11.3 Å². The minimum absolute atomic E-state index is 0.0195. The van der Waals surface area contributed by atoms with Crippen LogP contribution in [0.3, 0.4) is 0 Å². The monoisotopic (exact) mass is 451 g/mol. The minimum Gasteiger partial charge on any atom is -0.436 e. The molecule has 170 valence electrons. The summed E-state index contributed by atoms with van der Waals surface area (Å²) in [4.78, 5) is 29.3. The second-order valence-corrected chi connectivity index (χ2v) is 7.60. The summed E-state index contributed by atoms with van der Waals surface area (Å²) in [5.41, 5.74) is -1.21. The number of anilines is 1. The number of hydrogen-bond acceptors (Lipinski definition) is 6. The largest absolute Gasteiger partial charge is 0.586 e. The average Bonchev–Trinajstić information content (AvgIpc) is 3.08. The number of hydrogen-bond donors (Lipinski definition) is 1. The predicted molar refractivity (Wildman–Crippen MR) is 105 cm³/mol. The molecule has 2 aromatic rings. The molecule has 0 atom stereocenters. The Morgan fingerprint density at radius 3 is 2.62 bits per heavy atom. The van der Waals surface area contributed by atoms with Crippen LogP contribution in [0.1, 0.15) is 32.1 Å². The third-order valence-electron chi connectivity index (χ3n) is 5.54. The second kappa shape index (κ2) is 8.21. The van der Waals surface area contributed by atoms with E-state index in [1.807, 2.05) is 0 Å². The lowest BCUT2D eigenvalue weighted by atomic mass is 9.80. The quantitative estimate of drug-likeness (QED) is 0.673. The number of amides is 2. The summed E-state index contributed by atoms with van der Waals surface area (Å²) < 4.78 is 55.7. The number of rotatable bonds is 6. The molecule has 11 heteroatoms. The molecule has 0 spiro atoms. The summed E-state index contributed by atoms with van der Waals surface area (Å²) in [6, 6.07) is 4.90. The number of carbonyl (C=O) groups is 2. The van der Waals surface area contributed by atoms with Crippen LogP contribution in [0.2, 0.25) is 0 Å². The molecule has 2 aliphatic rings. The Bertz CT molecular complexity index is 1040. The van der Waals surface area contributed by atoms with Gasteiger partial charge in [-0.3, -0.25) is 9.59 Å². The van der Waals surface area contributed by atoms with E-state index in [0.717, 1.165) is 30.2 Å². The Balaban J connectivity index is 1.57. The molecule has 2 amide bonds. The summed E-state index contributed by atoms with van der Waals surface area (Å²) >= 11 is 0. The van der Waals surface area contributed by atoms with E-state index < -0.39 is 29.4 Å². The van der Waals surface area contributed by atoms with Crippen LogP contribution in [0.5, 0.6) is 23.1 Å². The maximum Gasteiger partial charge on any atom is 0.586 e. The van der Waals surface area contributed by atoms with Crippen LogP contribution in [0.15, 0.2) is 30.5 Å². The Labute approximate surface area is 181 Å². The maximum atomic E-state index is 15.2. The standard InChI is InChI=1S/C21H20F3N3O5/c1-27(19(29)20(26-12-28)8-3-2-4-9-20)14-7-10-25-18(17(14)22)30-13-5-6-15-16(11-13)32-21(23,24)31-15/h5-7,10-12H,2-4,8-9H2,1H3,(H,26,28). The van der Waals surface area contributed by atoms with Crippen LogP contribution in [-0.2, 0) is 9.59 Å². The van der Waals surface area contributed by atoms with E-state index in [0.29, 0.717) is 19.3 Å². The number of aromatic nitrogens is 1. The van der Waals surface area contributed by atoms with Gasteiger partial charge in [-0.25, -0.2) is 4.98 Å². The van der Waals surface area contributed by atoms with Crippen molar-refractivity contribution in [1.82, 2.24) is 10.3 Å². The molecule has 1 aromatic carbocycles. The Morgan fingerprint density at radius 2 is 1.91 bits per heavy atom. The average molecular weight is 451 g/mol. The molecular weight excluding hydrogens is 431 g/mol. The first-order chi connectivity index (χ1) is 15.2. The van der Waals surface area contributed by atoms with Gasteiger partial charge in [0.15, 0.2) is 11.5 Å².